The molecule has 208 valence electrons. The molecule has 5 aliphatic rings. The van der Waals surface area contributed by atoms with Crippen molar-refractivity contribution in [3.05, 3.63) is 29.6 Å². The van der Waals surface area contributed by atoms with Gasteiger partial charge in [-0.2, -0.15) is 0 Å². The zero-order chi connectivity index (χ0) is 26.4. The van der Waals surface area contributed by atoms with E-state index >= 15 is 0 Å². The Kier molecular flexibility index (Phi) is 7.17. The number of amides is 2. The van der Waals surface area contributed by atoms with Crippen LogP contribution in [0.5, 0.6) is 0 Å². The molecule has 3 atom stereocenters. The lowest BCUT2D eigenvalue weighted by molar-refractivity contribution is -0.124. The normalized spacial score (nSPS) is 28.2. The smallest absolute Gasteiger partial charge is 0.410 e. The monoisotopic (exact) mass is 525 g/mol. The average Bonchev–Trinajstić information content (AvgIpc) is 3.37. The first-order valence-electron chi connectivity index (χ1n) is 15.2. The van der Waals surface area contributed by atoms with E-state index in [0.717, 1.165) is 101 Å². The fourth-order valence-corrected chi connectivity index (χ4v) is 7.67. The van der Waals surface area contributed by atoms with Gasteiger partial charge in [0.05, 0.1) is 0 Å². The molecule has 2 aliphatic carbocycles. The first-order valence-corrected chi connectivity index (χ1v) is 15.2. The van der Waals surface area contributed by atoms with Crippen LogP contribution in [0.2, 0.25) is 0 Å². The highest BCUT2D eigenvalue weighted by atomic mass is 19.1. The molecule has 0 radical (unpaired) electrons. The number of carbonyl (C=O) groups is 2. The standard InChI is InChI=1S/C31H44FN3O3/c1-3-24(19-25-12-10-21(2)35(25)30(37)38-26-8-5-9-26)33-16-14-31(15-17-33)20-34(29(36)22-6-4-7-22)28-13-11-23(32)18-27(28)31/h11,13,18,21-22,24-26H,3-10,12,14-17,19-20H2,1-2H3. The summed E-state index contributed by atoms with van der Waals surface area (Å²) < 4.78 is 20.2. The molecule has 3 unspecified atom stereocenters. The molecule has 6 rings (SSSR count). The number of halogens is 1. The number of likely N-dealkylation sites (tertiary alicyclic amines) is 2. The maximum Gasteiger partial charge on any atom is 0.410 e. The first-order chi connectivity index (χ1) is 18.4. The van der Waals surface area contributed by atoms with Gasteiger partial charge < -0.3 is 19.4 Å². The molecule has 6 nitrogen and oxygen atoms in total. The lowest BCUT2D eigenvalue weighted by Crippen LogP contribution is -2.51. The molecule has 3 aliphatic heterocycles. The zero-order valence-electron chi connectivity index (χ0n) is 23.2. The highest BCUT2D eigenvalue weighted by Gasteiger charge is 2.49. The second-order valence-electron chi connectivity index (χ2n) is 12.8. The summed E-state index contributed by atoms with van der Waals surface area (Å²) in [5.41, 5.74) is 1.81. The van der Waals surface area contributed by atoms with Crippen LogP contribution in [0.25, 0.3) is 0 Å². The third-order valence-corrected chi connectivity index (χ3v) is 10.6. The van der Waals surface area contributed by atoms with Gasteiger partial charge in [-0.15, -0.1) is 0 Å². The molecular weight excluding hydrogens is 481 g/mol. The predicted molar refractivity (Wildman–Crippen MR) is 146 cm³/mol. The van der Waals surface area contributed by atoms with Gasteiger partial charge in [0.15, 0.2) is 0 Å². The van der Waals surface area contributed by atoms with Gasteiger partial charge in [-0.05, 0) is 114 Å². The topological polar surface area (TPSA) is 53.1 Å². The Bertz CT molecular complexity index is 1050. The lowest BCUT2D eigenvalue weighted by Gasteiger charge is -2.44. The Labute approximate surface area is 226 Å². The fraction of sp³-hybridized carbons (Fsp3) is 0.742. The van der Waals surface area contributed by atoms with E-state index in [1.807, 2.05) is 15.9 Å². The summed E-state index contributed by atoms with van der Waals surface area (Å²) in [5.74, 6) is 0.165. The Morgan fingerprint density at radius 3 is 2.45 bits per heavy atom. The molecule has 0 bridgehead atoms. The molecule has 4 fully saturated rings. The number of hydrogen-bond donors (Lipinski definition) is 0. The van der Waals surface area contributed by atoms with Crippen molar-refractivity contribution in [3.63, 3.8) is 0 Å². The molecule has 7 heteroatoms. The van der Waals surface area contributed by atoms with Crippen molar-refractivity contribution in [2.24, 2.45) is 5.92 Å². The quantitative estimate of drug-likeness (QED) is 0.456. The van der Waals surface area contributed by atoms with Crippen LogP contribution in [0.3, 0.4) is 0 Å². The average molecular weight is 526 g/mol. The van der Waals surface area contributed by atoms with Gasteiger partial charge in [-0.3, -0.25) is 4.79 Å². The number of rotatable bonds is 6. The second-order valence-corrected chi connectivity index (χ2v) is 12.8. The SMILES string of the molecule is CCC(CC1CCC(C)N1C(=O)OC1CCC1)N1CCC2(CC1)CN(C(=O)C1CCC1)c1ccc(F)cc12. The highest BCUT2D eigenvalue weighted by molar-refractivity contribution is 5.98. The van der Waals surface area contributed by atoms with Gasteiger partial charge in [-0.1, -0.05) is 13.3 Å². The van der Waals surface area contributed by atoms with Gasteiger partial charge in [0.1, 0.15) is 11.9 Å². The third-order valence-electron chi connectivity index (χ3n) is 10.6. The van der Waals surface area contributed by atoms with Crippen molar-refractivity contribution in [2.75, 3.05) is 24.5 Å². The maximum absolute atomic E-state index is 14.4. The predicted octanol–water partition coefficient (Wildman–Crippen LogP) is 6.02. The Morgan fingerprint density at radius 1 is 1.08 bits per heavy atom. The summed E-state index contributed by atoms with van der Waals surface area (Å²) in [6.45, 7) is 6.97. The highest BCUT2D eigenvalue weighted by Crippen LogP contribution is 2.49. The van der Waals surface area contributed by atoms with E-state index in [-0.39, 0.29) is 47.3 Å². The zero-order valence-corrected chi connectivity index (χ0v) is 23.2. The number of ether oxygens (including phenoxy) is 1. The van der Waals surface area contributed by atoms with Crippen molar-refractivity contribution < 1.29 is 18.7 Å². The van der Waals surface area contributed by atoms with Crippen molar-refractivity contribution in [3.8, 4) is 0 Å². The van der Waals surface area contributed by atoms with Crippen LogP contribution in [-0.4, -0.2) is 65.7 Å². The van der Waals surface area contributed by atoms with Crippen LogP contribution < -0.4 is 4.90 Å². The van der Waals surface area contributed by atoms with Gasteiger partial charge in [0.25, 0.3) is 0 Å². The largest absolute Gasteiger partial charge is 0.446 e. The minimum Gasteiger partial charge on any atom is -0.446 e. The van der Waals surface area contributed by atoms with Crippen LogP contribution in [0.4, 0.5) is 14.9 Å². The van der Waals surface area contributed by atoms with Crippen LogP contribution >= 0.6 is 0 Å². The molecule has 1 spiro atoms. The summed E-state index contributed by atoms with van der Waals surface area (Å²) in [6.07, 6.45) is 12.2. The van der Waals surface area contributed by atoms with E-state index in [9.17, 15) is 14.0 Å². The van der Waals surface area contributed by atoms with Crippen LogP contribution in [0.15, 0.2) is 18.2 Å². The minimum atomic E-state index is -0.209. The third kappa shape index (κ3) is 4.63. The van der Waals surface area contributed by atoms with Crippen LogP contribution in [0.1, 0.15) is 96.5 Å². The Balaban J connectivity index is 1.13. The summed E-state index contributed by atoms with van der Waals surface area (Å²) in [5, 5.41) is 0. The lowest BCUT2D eigenvalue weighted by atomic mass is 9.73. The Morgan fingerprint density at radius 2 is 1.82 bits per heavy atom. The van der Waals surface area contributed by atoms with Crippen molar-refractivity contribution in [1.29, 1.82) is 0 Å². The van der Waals surface area contributed by atoms with E-state index in [1.165, 1.54) is 6.07 Å². The van der Waals surface area contributed by atoms with Crippen molar-refractivity contribution in [2.45, 2.75) is 121 Å². The van der Waals surface area contributed by atoms with Gasteiger partial charge in [-0.25, -0.2) is 9.18 Å². The summed E-state index contributed by atoms with van der Waals surface area (Å²) in [6, 6.07) is 5.90. The molecule has 0 aromatic heterocycles. The molecule has 0 N–H and O–H groups in total. The van der Waals surface area contributed by atoms with Crippen LogP contribution in [0, 0.1) is 11.7 Å². The molecule has 1 aromatic carbocycles. The van der Waals surface area contributed by atoms with Crippen LogP contribution in [-0.2, 0) is 14.9 Å². The Hall–Kier alpha value is -2.15. The molecular formula is C31H44FN3O3. The van der Waals surface area contributed by atoms with E-state index in [0.29, 0.717) is 12.6 Å². The summed E-state index contributed by atoms with van der Waals surface area (Å²) in [7, 11) is 0. The van der Waals surface area contributed by atoms with Gasteiger partial charge in [0.2, 0.25) is 5.91 Å². The van der Waals surface area contributed by atoms with Gasteiger partial charge >= 0.3 is 6.09 Å². The van der Waals surface area contributed by atoms with E-state index < -0.39 is 0 Å². The second kappa shape index (κ2) is 10.4. The molecule has 3 heterocycles. The number of piperidine rings is 1. The van der Waals surface area contributed by atoms with E-state index in [1.54, 1.807) is 6.07 Å². The number of fused-ring (bicyclic) bond motifs is 2. The molecule has 38 heavy (non-hydrogen) atoms. The number of nitrogens with zero attached hydrogens (tertiary/aromatic N) is 3. The number of anilines is 1. The molecule has 2 saturated heterocycles. The number of benzene rings is 1. The number of hydrogen-bond acceptors (Lipinski definition) is 4. The molecule has 2 amide bonds. The minimum absolute atomic E-state index is 0.113. The number of carbonyl (C=O) groups excluding carboxylic acids is 2. The molecule has 2 saturated carbocycles. The van der Waals surface area contributed by atoms with Gasteiger partial charge in [0, 0.05) is 41.7 Å². The van der Waals surface area contributed by atoms with Crippen molar-refractivity contribution in [1.82, 2.24) is 9.80 Å². The van der Waals surface area contributed by atoms with Crippen molar-refractivity contribution >= 4 is 17.7 Å². The summed E-state index contributed by atoms with van der Waals surface area (Å²) in [4.78, 5) is 32.9. The van der Waals surface area contributed by atoms with E-state index in [4.69, 9.17) is 4.74 Å². The summed E-state index contributed by atoms with van der Waals surface area (Å²) >= 11 is 0. The molecule has 1 aromatic rings. The maximum atomic E-state index is 14.4. The fourth-order valence-electron chi connectivity index (χ4n) is 7.67. The first kappa shape index (κ1) is 26.1. The van der Waals surface area contributed by atoms with E-state index in [2.05, 4.69) is 18.7 Å².